The lowest BCUT2D eigenvalue weighted by atomic mass is 10.1. The Kier molecular flexibility index (Phi) is 4.89. The number of hydrogen-bond acceptors (Lipinski definition) is 3. The molecule has 0 aliphatic rings. The molecule has 0 atom stereocenters. The van der Waals surface area contributed by atoms with Gasteiger partial charge >= 0.3 is 0 Å². The van der Waals surface area contributed by atoms with Gasteiger partial charge in [0.2, 0.25) is 0 Å². The summed E-state index contributed by atoms with van der Waals surface area (Å²) >= 11 is 0. The third kappa shape index (κ3) is 4.05. The highest BCUT2D eigenvalue weighted by molar-refractivity contribution is 5.95. The Bertz CT molecular complexity index is 697. The van der Waals surface area contributed by atoms with Crippen LogP contribution in [0.5, 0.6) is 0 Å². The molecule has 0 amide bonds. The number of carbonyl (C=O) groups is 1. The summed E-state index contributed by atoms with van der Waals surface area (Å²) in [6, 6.07) is 17.2. The SMILES string of the molecule is CC(=O)c1ccc(C#N)c(NC/C=C/c2ccccc2)c1. The minimum atomic E-state index is -0.0117. The van der Waals surface area contributed by atoms with Gasteiger partial charge in [-0.15, -0.1) is 0 Å². The minimum absolute atomic E-state index is 0.0117. The Balaban J connectivity index is 2.06. The number of nitriles is 1. The summed E-state index contributed by atoms with van der Waals surface area (Å²) in [4.78, 5) is 11.4. The Morgan fingerprint density at radius 2 is 2.00 bits per heavy atom. The van der Waals surface area contributed by atoms with Crippen molar-refractivity contribution in [3.8, 4) is 6.07 Å². The smallest absolute Gasteiger partial charge is 0.159 e. The number of Topliss-reactive ketones (excluding diaryl/α,β-unsaturated/α-hetero) is 1. The second-order valence-electron chi connectivity index (χ2n) is 4.62. The molecule has 21 heavy (non-hydrogen) atoms. The van der Waals surface area contributed by atoms with Gasteiger partial charge in [-0.1, -0.05) is 42.5 Å². The van der Waals surface area contributed by atoms with Crippen molar-refractivity contribution in [3.05, 3.63) is 71.3 Å². The van der Waals surface area contributed by atoms with Gasteiger partial charge in [-0.3, -0.25) is 4.79 Å². The normalized spacial score (nSPS) is 10.3. The molecule has 2 aromatic rings. The summed E-state index contributed by atoms with van der Waals surface area (Å²) in [7, 11) is 0. The first-order valence-electron chi connectivity index (χ1n) is 6.71. The topological polar surface area (TPSA) is 52.9 Å². The summed E-state index contributed by atoms with van der Waals surface area (Å²) in [6.07, 6.45) is 3.99. The van der Waals surface area contributed by atoms with Crippen molar-refractivity contribution in [2.45, 2.75) is 6.92 Å². The molecular formula is C18H16N2O. The van der Waals surface area contributed by atoms with E-state index in [2.05, 4.69) is 11.4 Å². The first kappa shape index (κ1) is 14.5. The van der Waals surface area contributed by atoms with E-state index in [0.717, 1.165) is 5.56 Å². The van der Waals surface area contributed by atoms with E-state index in [0.29, 0.717) is 23.4 Å². The molecule has 0 aliphatic heterocycles. The summed E-state index contributed by atoms with van der Waals surface area (Å²) in [5, 5.41) is 12.3. The van der Waals surface area contributed by atoms with Gasteiger partial charge in [0.15, 0.2) is 5.78 Å². The lowest BCUT2D eigenvalue weighted by Crippen LogP contribution is -2.02. The standard InChI is InChI=1S/C18H16N2O/c1-14(21)16-9-10-17(13-19)18(12-16)20-11-5-8-15-6-3-2-4-7-15/h2-10,12,20H,11H2,1H3/b8-5+. The molecule has 104 valence electrons. The van der Waals surface area contributed by atoms with E-state index in [9.17, 15) is 4.79 Å². The molecule has 0 saturated carbocycles. The predicted molar refractivity (Wildman–Crippen MR) is 85.1 cm³/mol. The highest BCUT2D eigenvalue weighted by atomic mass is 16.1. The van der Waals surface area contributed by atoms with Crippen molar-refractivity contribution < 1.29 is 4.79 Å². The number of nitrogens with zero attached hydrogens (tertiary/aromatic N) is 1. The van der Waals surface area contributed by atoms with Crippen LogP contribution in [-0.2, 0) is 0 Å². The first-order valence-corrected chi connectivity index (χ1v) is 6.71. The van der Waals surface area contributed by atoms with Gasteiger partial charge in [0.1, 0.15) is 6.07 Å². The molecule has 0 saturated heterocycles. The molecular weight excluding hydrogens is 260 g/mol. The van der Waals surface area contributed by atoms with Gasteiger partial charge in [0, 0.05) is 12.1 Å². The molecule has 2 rings (SSSR count). The highest BCUT2D eigenvalue weighted by Crippen LogP contribution is 2.17. The molecule has 0 spiro atoms. The van der Waals surface area contributed by atoms with Crippen molar-refractivity contribution in [2.75, 3.05) is 11.9 Å². The van der Waals surface area contributed by atoms with E-state index >= 15 is 0 Å². The lowest BCUT2D eigenvalue weighted by molar-refractivity contribution is 0.101. The van der Waals surface area contributed by atoms with Crippen molar-refractivity contribution in [1.29, 1.82) is 5.26 Å². The van der Waals surface area contributed by atoms with Crippen LogP contribution in [0.25, 0.3) is 6.08 Å². The van der Waals surface area contributed by atoms with Crippen LogP contribution in [0.4, 0.5) is 5.69 Å². The molecule has 0 aliphatic carbocycles. The zero-order valence-electron chi connectivity index (χ0n) is 11.8. The van der Waals surface area contributed by atoms with Crippen molar-refractivity contribution in [3.63, 3.8) is 0 Å². The average Bonchev–Trinajstić information content (AvgIpc) is 2.52. The summed E-state index contributed by atoms with van der Waals surface area (Å²) < 4.78 is 0. The van der Waals surface area contributed by atoms with E-state index in [1.807, 2.05) is 42.5 Å². The Labute approximate surface area is 124 Å². The van der Waals surface area contributed by atoms with Gasteiger partial charge in [-0.25, -0.2) is 0 Å². The van der Waals surface area contributed by atoms with Gasteiger partial charge < -0.3 is 5.32 Å². The van der Waals surface area contributed by atoms with E-state index in [1.165, 1.54) is 6.92 Å². The van der Waals surface area contributed by atoms with Crippen LogP contribution in [0.1, 0.15) is 28.4 Å². The first-order chi connectivity index (χ1) is 10.2. The van der Waals surface area contributed by atoms with Crippen LogP contribution in [0.2, 0.25) is 0 Å². The minimum Gasteiger partial charge on any atom is -0.380 e. The van der Waals surface area contributed by atoms with Crippen LogP contribution in [-0.4, -0.2) is 12.3 Å². The number of rotatable bonds is 5. The number of ketones is 1. The summed E-state index contributed by atoms with van der Waals surface area (Å²) in [6.45, 7) is 2.10. The van der Waals surface area contributed by atoms with Crippen LogP contribution < -0.4 is 5.32 Å². The largest absolute Gasteiger partial charge is 0.380 e. The predicted octanol–water partition coefficient (Wildman–Crippen LogP) is 3.89. The molecule has 1 N–H and O–H groups in total. The van der Waals surface area contributed by atoms with Crippen LogP contribution in [0.15, 0.2) is 54.6 Å². The molecule has 3 nitrogen and oxygen atoms in total. The monoisotopic (exact) mass is 276 g/mol. The molecule has 0 unspecified atom stereocenters. The highest BCUT2D eigenvalue weighted by Gasteiger charge is 2.05. The van der Waals surface area contributed by atoms with Crippen LogP contribution in [0, 0.1) is 11.3 Å². The van der Waals surface area contributed by atoms with E-state index < -0.39 is 0 Å². The van der Waals surface area contributed by atoms with Crippen molar-refractivity contribution >= 4 is 17.5 Å². The van der Waals surface area contributed by atoms with E-state index in [-0.39, 0.29) is 5.78 Å². The number of nitrogens with one attached hydrogen (secondary N) is 1. The summed E-state index contributed by atoms with van der Waals surface area (Å²) in [5.41, 5.74) is 2.94. The molecule has 0 fully saturated rings. The fraction of sp³-hybridized carbons (Fsp3) is 0.111. The van der Waals surface area contributed by atoms with Gasteiger partial charge in [0.05, 0.1) is 11.3 Å². The number of hydrogen-bond donors (Lipinski definition) is 1. The maximum Gasteiger partial charge on any atom is 0.159 e. The lowest BCUT2D eigenvalue weighted by Gasteiger charge is -2.07. The maximum atomic E-state index is 11.4. The average molecular weight is 276 g/mol. The van der Waals surface area contributed by atoms with E-state index in [4.69, 9.17) is 5.26 Å². The molecule has 2 aromatic carbocycles. The Morgan fingerprint density at radius 1 is 1.24 bits per heavy atom. The number of benzene rings is 2. The third-order valence-electron chi connectivity index (χ3n) is 3.07. The molecule has 0 aromatic heterocycles. The zero-order chi connectivity index (χ0) is 15.1. The van der Waals surface area contributed by atoms with Crippen molar-refractivity contribution in [1.82, 2.24) is 0 Å². The van der Waals surface area contributed by atoms with Gasteiger partial charge in [-0.2, -0.15) is 5.26 Å². The molecule has 0 radical (unpaired) electrons. The summed E-state index contributed by atoms with van der Waals surface area (Å²) in [5.74, 6) is -0.0117. The second kappa shape index (κ2) is 7.06. The van der Waals surface area contributed by atoms with Gasteiger partial charge in [0.25, 0.3) is 0 Å². The zero-order valence-corrected chi connectivity index (χ0v) is 11.8. The molecule has 0 bridgehead atoms. The Hall–Kier alpha value is -2.86. The molecule has 3 heteroatoms. The second-order valence-corrected chi connectivity index (χ2v) is 4.62. The maximum absolute atomic E-state index is 11.4. The third-order valence-corrected chi connectivity index (χ3v) is 3.07. The Morgan fingerprint density at radius 3 is 2.67 bits per heavy atom. The van der Waals surface area contributed by atoms with Crippen LogP contribution >= 0.6 is 0 Å². The van der Waals surface area contributed by atoms with Crippen LogP contribution in [0.3, 0.4) is 0 Å². The van der Waals surface area contributed by atoms with E-state index in [1.54, 1.807) is 18.2 Å². The number of carbonyl (C=O) groups excluding carboxylic acids is 1. The number of anilines is 1. The fourth-order valence-electron chi connectivity index (χ4n) is 1.94. The van der Waals surface area contributed by atoms with Gasteiger partial charge in [-0.05, 0) is 30.7 Å². The fourth-order valence-corrected chi connectivity index (χ4v) is 1.94. The van der Waals surface area contributed by atoms with Crippen molar-refractivity contribution in [2.24, 2.45) is 0 Å². The molecule has 0 heterocycles. The quantitative estimate of drug-likeness (QED) is 0.843.